The van der Waals surface area contributed by atoms with Crippen LogP contribution in [0.4, 0.5) is 5.82 Å². The maximum absolute atomic E-state index is 5.85. The first-order valence-electron chi connectivity index (χ1n) is 5.48. The minimum atomic E-state index is 0.153. The van der Waals surface area contributed by atoms with Crippen LogP contribution in [-0.2, 0) is 7.05 Å². The molecule has 0 aliphatic rings. The molecule has 0 aliphatic heterocycles. The Hall–Kier alpha value is -1.62. The smallest absolute Gasteiger partial charge is 0.154 e. The Morgan fingerprint density at radius 1 is 1.50 bits per heavy atom. The van der Waals surface area contributed by atoms with Gasteiger partial charge in [-0.2, -0.15) is 0 Å². The first-order valence-corrected chi connectivity index (χ1v) is 5.48. The van der Waals surface area contributed by atoms with Crippen LogP contribution in [0.1, 0.15) is 13.3 Å². The predicted molar refractivity (Wildman–Crippen MR) is 65.3 cm³/mol. The van der Waals surface area contributed by atoms with Gasteiger partial charge in [0.25, 0.3) is 0 Å². The Bertz CT molecular complexity index is 476. The fraction of sp³-hybridized carbons (Fsp3) is 0.455. The molecule has 0 bridgehead atoms. The van der Waals surface area contributed by atoms with Gasteiger partial charge in [-0.15, -0.1) is 0 Å². The van der Waals surface area contributed by atoms with Crippen LogP contribution in [-0.4, -0.2) is 27.1 Å². The van der Waals surface area contributed by atoms with Crippen molar-refractivity contribution in [1.29, 1.82) is 0 Å². The van der Waals surface area contributed by atoms with Crippen LogP contribution in [0.2, 0.25) is 0 Å². The van der Waals surface area contributed by atoms with Crippen molar-refractivity contribution in [2.75, 3.05) is 11.9 Å². The van der Waals surface area contributed by atoms with Crippen LogP contribution in [0, 0.1) is 0 Å². The van der Waals surface area contributed by atoms with Gasteiger partial charge in [0.2, 0.25) is 0 Å². The fourth-order valence-electron chi connectivity index (χ4n) is 1.56. The molecule has 2 aromatic rings. The van der Waals surface area contributed by atoms with Crippen LogP contribution in [0.15, 0.2) is 18.6 Å². The lowest BCUT2D eigenvalue weighted by Crippen LogP contribution is -2.28. The topological polar surface area (TPSA) is 68.8 Å². The van der Waals surface area contributed by atoms with E-state index in [1.54, 1.807) is 12.5 Å². The number of nitrogens with two attached hydrogens (primary N) is 1. The molecule has 86 valence electrons. The zero-order chi connectivity index (χ0) is 11.5. The lowest BCUT2D eigenvalue weighted by atomic mass is 10.2. The number of aryl methyl sites for hydroxylation is 1. The monoisotopic (exact) mass is 219 g/mol. The summed E-state index contributed by atoms with van der Waals surface area (Å²) in [6.07, 6.45) is 4.52. The minimum absolute atomic E-state index is 0.153. The van der Waals surface area contributed by atoms with Gasteiger partial charge in [0.1, 0.15) is 5.52 Å². The third-order valence-corrected chi connectivity index (χ3v) is 2.70. The van der Waals surface area contributed by atoms with Crippen molar-refractivity contribution >= 4 is 16.9 Å². The highest BCUT2D eigenvalue weighted by Crippen LogP contribution is 2.18. The summed E-state index contributed by atoms with van der Waals surface area (Å²) in [6.45, 7) is 2.79. The second kappa shape index (κ2) is 4.49. The molecular weight excluding hydrogens is 202 g/mol. The Balaban J connectivity index is 2.24. The van der Waals surface area contributed by atoms with Gasteiger partial charge < -0.3 is 15.6 Å². The number of rotatable bonds is 4. The molecule has 2 aromatic heterocycles. The molecule has 5 nitrogen and oxygen atoms in total. The molecule has 0 spiro atoms. The summed E-state index contributed by atoms with van der Waals surface area (Å²) in [7, 11) is 1.97. The minimum Gasteiger partial charge on any atom is -0.367 e. The van der Waals surface area contributed by atoms with E-state index in [1.807, 2.05) is 17.7 Å². The fourth-order valence-corrected chi connectivity index (χ4v) is 1.56. The van der Waals surface area contributed by atoms with Crippen LogP contribution >= 0.6 is 0 Å². The first kappa shape index (κ1) is 10.9. The number of hydrogen-bond donors (Lipinski definition) is 2. The second-order valence-electron chi connectivity index (χ2n) is 3.93. The van der Waals surface area contributed by atoms with E-state index in [0.717, 1.165) is 29.8 Å². The standard InChI is InChI=1S/C11H17N5/c1-3-8(12)6-14-11-10-9(4-5-13-11)16(2)7-15-10/h4-5,7-8H,3,6,12H2,1-2H3,(H,13,14). The van der Waals surface area contributed by atoms with Gasteiger partial charge in [-0.1, -0.05) is 6.92 Å². The SMILES string of the molecule is CCC(N)CNc1nccc2c1ncn2C. The van der Waals surface area contributed by atoms with Crippen molar-refractivity contribution < 1.29 is 0 Å². The zero-order valence-corrected chi connectivity index (χ0v) is 9.64. The highest BCUT2D eigenvalue weighted by Gasteiger charge is 2.07. The summed E-state index contributed by atoms with van der Waals surface area (Å²) < 4.78 is 1.97. The average Bonchev–Trinajstić information content (AvgIpc) is 2.69. The molecule has 2 heterocycles. The molecule has 1 unspecified atom stereocenters. The number of hydrogen-bond acceptors (Lipinski definition) is 4. The van der Waals surface area contributed by atoms with Gasteiger partial charge in [0.15, 0.2) is 5.82 Å². The molecule has 1 atom stereocenters. The van der Waals surface area contributed by atoms with Crippen molar-refractivity contribution in [1.82, 2.24) is 14.5 Å². The molecule has 0 aliphatic carbocycles. The predicted octanol–water partition coefficient (Wildman–Crippen LogP) is 1.12. The molecule has 3 N–H and O–H groups in total. The molecule has 0 amide bonds. The van der Waals surface area contributed by atoms with Gasteiger partial charge in [0.05, 0.1) is 11.8 Å². The Morgan fingerprint density at radius 3 is 3.06 bits per heavy atom. The second-order valence-corrected chi connectivity index (χ2v) is 3.93. The van der Waals surface area contributed by atoms with Crippen LogP contribution in [0.3, 0.4) is 0 Å². The lowest BCUT2D eigenvalue weighted by Gasteiger charge is -2.10. The van der Waals surface area contributed by atoms with E-state index in [2.05, 4.69) is 22.2 Å². The number of imidazole rings is 1. The summed E-state index contributed by atoms with van der Waals surface area (Å²) in [5, 5.41) is 3.24. The number of nitrogens with one attached hydrogen (secondary N) is 1. The van der Waals surface area contributed by atoms with E-state index in [0.29, 0.717) is 0 Å². The Morgan fingerprint density at radius 2 is 2.31 bits per heavy atom. The maximum atomic E-state index is 5.85. The highest BCUT2D eigenvalue weighted by atomic mass is 15.1. The zero-order valence-electron chi connectivity index (χ0n) is 9.64. The number of aromatic nitrogens is 3. The highest BCUT2D eigenvalue weighted by molar-refractivity contribution is 5.85. The van der Waals surface area contributed by atoms with Crippen LogP contribution in [0.25, 0.3) is 11.0 Å². The van der Waals surface area contributed by atoms with Gasteiger partial charge in [-0.3, -0.25) is 0 Å². The van der Waals surface area contributed by atoms with Gasteiger partial charge in [-0.05, 0) is 12.5 Å². The molecule has 16 heavy (non-hydrogen) atoms. The number of pyridine rings is 1. The first-order chi connectivity index (χ1) is 7.72. The summed E-state index contributed by atoms with van der Waals surface area (Å²) in [6, 6.07) is 2.11. The molecule has 0 saturated heterocycles. The summed E-state index contributed by atoms with van der Waals surface area (Å²) in [5.41, 5.74) is 7.82. The van der Waals surface area contributed by atoms with Crippen molar-refractivity contribution in [2.45, 2.75) is 19.4 Å². The third kappa shape index (κ3) is 1.99. The van der Waals surface area contributed by atoms with E-state index < -0.39 is 0 Å². The van der Waals surface area contributed by atoms with E-state index in [-0.39, 0.29) is 6.04 Å². The van der Waals surface area contributed by atoms with Gasteiger partial charge in [-0.25, -0.2) is 9.97 Å². The van der Waals surface area contributed by atoms with E-state index in [9.17, 15) is 0 Å². The quantitative estimate of drug-likeness (QED) is 0.808. The molecule has 0 aromatic carbocycles. The lowest BCUT2D eigenvalue weighted by molar-refractivity contribution is 0.678. The summed E-state index contributed by atoms with van der Waals surface area (Å²) in [4.78, 5) is 8.60. The molecule has 0 saturated carbocycles. The average molecular weight is 219 g/mol. The number of anilines is 1. The van der Waals surface area contributed by atoms with Gasteiger partial charge >= 0.3 is 0 Å². The maximum Gasteiger partial charge on any atom is 0.154 e. The van der Waals surface area contributed by atoms with E-state index >= 15 is 0 Å². The van der Waals surface area contributed by atoms with Crippen molar-refractivity contribution in [3.63, 3.8) is 0 Å². The molecule has 0 fully saturated rings. The van der Waals surface area contributed by atoms with E-state index in [1.165, 1.54) is 0 Å². The van der Waals surface area contributed by atoms with E-state index in [4.69, 9.17) is 5.73 Å². The normalized spacial score (nSPS) is 12.9. The summed E-state index contributed by atoms with van der Waals surface area (Å²) >= 11 is 0. The molecule has 0 radical (unpaired) electrons. The summed E-state index contributed by atoms with van der Waals surface area (Å²) in [5.74, 6) is 0.807. The van der Waals surface area contributed by atoms with Crippen LogP contribution < -0.4 is 11.1 Å². The molecule has 5 heteroatoms. The molecule has 2 rings (SSSR count). The Labute approximate surface area is 94.7 Å². The Kier molecular flexibility index (Phi) is 3.05. The van der Waals surface area contributed by atoms with Gasteiger partial charge in [0, 0.05) is 25.8 Å². The molecular formula is C11H17N5. The number of nitrogens with zero attached hydrogens (tertiary/aromatic N) is 3. The third-order valence-electron chi connectivity index (χ3n) is 2.70. The van der Waals surface area contributed by atoms with Crippen molar-refractivity contribution in [3.8, 4) is 0 Å². The number of fused-ring (bicyclic) bond motifs is 1. The van der Waals surface area contributed by atoms with Crippen LogP contribution in [0.5, 0.6) is 0 Å². The largest absolute Gasteiger partial charge is 0.367 e. The van der Waals surface area contributed by atoms with Crippen molar-refractivity contribution in [2.24, 2.45) is 12.8 Å². The van der Waals surface area contributed by atoms with Crippen molar-refractivity contribution in [3.05, 3.63) is 18.6 Å².